The molecule has 9 N–H and O–H groups in total. The Morgan fingerprint density at radius 3 is 2.36 bits per heavy atom. The number of benzene rings is 1. The molecule has 0 aliphatic carbocycles. The monoisotopic (exact) mass is 387 g/mol. The second kappa shape index (κ2) is 8.44. The van der Waals surface area contributed by atoms with Crippen LogP contribution in [0.3, 0.4) is 0 Å². The zero-order chi connectivity index (χ0) is 20.8. The number of rotatable bonds is 6. The van der Waals surface area contributed by atoms with Crippen LogP contribution in [0.15, 0.2) is 29.1 Å². The van der Waals surface area contributed by atoms with E-state index in [1.807, 2.05) is 0 Å². The number of H-pyrrole nitrogens is 1. The molecule has 0 aliphatic rings. The number of nitrogen functional groups attached to an aromatic ring is 1. The van der Waals surface area contributed by atoms with E-state index in [0.717, 1.165) is 6.07 Å². The van der Waals surface area contributed by atoms with E-state index in [1.165, 1.54) is 18.2 Å². The maximum absolute atomic E-state index is 12.3. The topological polar surface area (TPSA) is 216 Å². The van der Waals surface area contributed by atoms with Crippen LogP contribution >= 0.6 is 0 Å². The van der Waals surface area contributed by atoms with Crippen molar-refractivity contribution in [2.75, 3.05) is 5.73 Å². The number of anilines is 1. The van der Waals surface area contributed by atoms with Gasteiger partial charge in [0.1, 0.15) is 5.82 Å². The number of nitrogens with two attached hydrogens (primary N) is 3. The lowest BCUT2D eigenvalue weighted by molar-refractivity contribution is -0.137. The van der Waals surface area contributed by atoms with Crippen LogP contribution in [-0.2, 0) is 22.7 Å². The predicted octanol–water partition coefficient (Wildman–Crippen LogP) is -2.52. The molecule has 0 unspecified atom stereocenters. The Morgan fingerprint density at radius 2 is 1.71 bits per heavy atom. The first-order valence-corrected chi connectivity index (χ1v) is 7.82. The summed E-state index contributed by atoms with van der Waals surface area (Å²) < 4.78 is 0. The summed E-state index contributed by atoms with van der Waals surface area (Å²) in [5.41, 5.74) is 15.4. The fourth-order valence-corrected chi connectivity index (χ4v) is 2.23. The van der Waals surface area contributed by atoms with Crippen LogP contribution in [0.2, 0.25) is 0 Å². The van der Waals surface area contributed by atoms with Gasteiger partial charge in [-0.1, -0.05) is 6.07 Å². The van der Waals surface area contributed by atoms with Crippen LogP contribution in [0.4, 0.5) is 5.69 Å². The van der Waals surface area contributed by atoms with Gasteiger partial charge >= 0.3 is 11.8 Å². The van der Waals surface area contributed by atoms with Gasteiger partial charge in [0.15, 0.2) is 0 Å². The van der Waals surface area contributed by atoms with Crippen LogP contribution in [-0.4, -0.2) is 33.6 Å². The number of amides is 4. The molecular formula is C16H17N7O5. The van der Waals surface area contributed by atoms with Gasteiger partial charge in [-0.05, 0) is 12.1 Å². The highest BCUT2D eigenvalue weighted by atomic mass is 16.2. The number of nitrogens with one attached hydrogen (secondary N) is 3. The number of carbonyl (C=O) groups excluding carboxylic acids is 4. The van der Waals surface area contributed by atoms with E-state index in [4.69, 9.17) is 17.2 Å². The van der Waals surface area contributed by atoms with E-state index < -0.39 is 29.2 Å². The molecule has 0 aliphatic heterocycles. The molecule has 0 saturated heterocycles. The number of aromatic nitrogens is 2. The van der Waals surface area contributed by atoms with Crippen molar-refractivity contribution in [2.45, 2.75) is 13.1 Å². The number of carbonyl (C=O) groups is 4. The minimum Gasteiger partial charge on any atom is -0.397 e. The van der Waals surface area contributed by atoms with Crippen molar-refractivity contribution < 1.29 is 19.2 Å². The van der Waals surface area contributed by atoms with Gasteiger partial charge in [-0.25, -0.2) is 4.98 Å². The second-order valence-electron chi connectivity index (χ2n) is 5.54. The Hall–Kier alpha value is -4.22. The van der Waals surface area contributed by atoms with Crippen molar-refractivity contribution >= 4 is 29.3 Å². The van der Waals surface area contributed by atoms with Crippen LogP contribution in [0.1, 0.15) is 32.2 Å². The van der Waals surface area contributed by atoms with Gasteiger partial charge in [-0.15, -0.1) is 0 Å². The van der Waals surface area contributed by atoms with Gasteiger partial charge in [0.25, 0.3) is 17.4 Å². The highest BCUT2D eigenvalue weighted by Crippen LogP contribution is 2.17. The van der Waals surface area contributed by atoms with Crippen molar-refractivity contribution in [1.82, 2.24) is 20.6 Å². The largest absolute Gasteiger partial charge is 0.397 e. The number of para-hydroxylation sites is 1. The molecule has 2 rings (SSSR count). The van der Waals surface area contributed by atoms with E-state index in [0.29, 0.717) is 0 Å². The highest BCUT2D eigenvalue weighted by Gasteiger charge is 2.15. The Balaban J connectivity index is 2.10. The minimum atomic E-state index is -1.18. The number of hydrogen-bond donors (Lipinski definition) is 6. The molecule has 0 atom stereocenters. The fourth-order valence-electron chi connectivity index (χ4n) is 2.23. The van der Waals surface area contributed by atoms with Crippen molar-refractivity contribution in [1.29, 1.82) is 0 Å². The molecule has 1 aromatic heterocycles. The van der Waals surface area contributed by atoms with Crippen molar-refractivity contribution in [3.8, 4) is 0 Å². The first-order valence-electron chi connectivity index (χ1n) is 7.82. The lowest BCUT2D eigenvalue weighted by Crippen LogP contribution is -2.36. The quantitative estimate of drug-likeness (QED) is 0.231. The smallest absolute Gasteiger partial charge is 0.309 e. The molecule has 0 bridgehead atoms. The molecule has 28 heavy (non-hydrogen) atoms. The molecule has 146 valence electrons. The molecule has 4 amide bonds. The van der Waals surface area contributed by atoms with Crippen LogP contribution < -0.4 is 33.4 Å². The molecule has 2 aromatic rings. The third-order valence-corrected chi connectivity index (χ3v) is 3.53. The molecular weight excluding hydrogens is 370 g/mol. The van der Waals surface area contributed by atoms with Gasteiger partial charge in [-0.2, -0.15) is 0 Å². The van der Waals surface area contributed by atoms with Crippen molar-refractivity contribution in [3.05, 3.63) is 57.3 Å². The summed E-state index contributed by atoms with van der Waals surface area (Å²) in [4.78, 5) is 63.6. The molecule has 0 radical (unpaired) electrons. The molecule has 0 fully saturated rings. The number of primary amides is 2. The van der Waals surface area contributed by atoms with Gasteiger partial charge in [0, 0.05) is 6.07 Å². The van der Waals surface area contributed by atoms with Gasteiger partial charge < -0.3 is 32.8 Å². The van der Waals surface area contributed by atoms with E-state index >= 15 is 0 Å². The van der Waals surface area contributed by atoms with E-state index in [9.17, 15) is 24.0 Å². The average molecular weight is 387 g/mol. The van der Waals surface area contributed by atoms with Crippen molar-refractivity contribution in [3.63, 3.8) is 0 Å². The lowest BCUT2D eigenvalue weighted by atomic mass is 10.1. The molecule has 12 nitrogen and oxygen atoms in total. The summed E-state index contributed by atoms with van der Waals surface area (Å²) in [6.45, 7) is -0.383. The first-order chi connectivity index (χ1) is 13.2. The van der Waals surface area contributed by atoms with Crippen LogP contribution in [0.25, 0.3) is 0 Å². The molecule has 0 spiro atoms. The predicted molar refractivity (Wildman–Crippen MR) is 96.4 cm³/mol. The summed E-state index contributed by atoms with van der Waals surface area (Å²) in [6.07, 6.45) is 0. The third kappa shape index (κ3) is 4.91. The van der Waals surface area contributed by atoms with Crippen LogP contribution in [0.5, 0.6) is 0 Å². The first kappa shape index (κ1) is 20.1. The maximum Gasteiger partial charge on any atom is 0.309 e. The molecule has 1 heterocycles. The Bertz CT molecular complexity index is 1010. The Kier molecular flexibility index (Phi) is 6.06. The Morgan fingerprint density at radius 1 is 1.04 bits per heavy atom. The van der Waals surface area contributed by atoms with Crippen LogP contribution in [0, 0.1) is 0 Å². The summed E-state index contributed by atoms with van der Waals surface area (Å²) in [7, 11) is 0. The third-order valence-electron chi connectivity index (χ3n) is 3.53. The molecule has 12 heteroatoms. The second-order valence-corrected chi connectivity index (χ2v) is 5.54. The maximum atomic E-state index is 12.3. The van der Waals surface area contributed by atoms with E-state index in [1.54, 1.807) is 0 Å². The Labute approximate surface area is 157 Å². The van der Waals surface area contributed by atoms with Gasteiger partial charge in [-0.3, -0.25) is 24.0 Å². The average Bonchev–Trinajstić information content (AvgIpc) is 2.63. The van der Waals surface area contributed by atoms with E-state index in [-0.39, 0.29) is 41.4 Å². The summed E-state index contributed by atoms with van der Waals surface area (Å²) in [5, 5.41) is 4.69. The zero-order valence-corrected chi connectivity index (χ0v) is 14.4. The normalized spacial score (nSPS) is 10.1. The van der Waals surface area contributed by atoms with E-state index in [2.05, 4.69) is 20.6 Å². The van der Waals surface area contributed by atoms with Gasteiger partial charge in [0.2, 0.25) is 0 Å². The standard InChI is InChI=1S/C16H17N7O5/c17-12-8(13(18)25)2-1-3-9(12)15(27)20-5-7-4-11(24)23-10(22-7)6-21-16(28)14(19)26/h1-4H,5-6,17H2,(H2,18,25)(H2,19,26)(H,20,27)(H,21,28)(H,22,23,24). The molecule has 1 aromatic carbocycles. The molecule has 0 saturated carbocycles. The highest BCUT2D eigenvalue weighted by molar-refractivity contribution is 6.34. The van der Waals surface area contributed by atoms with Gasteiger partial charge in [0.05, 0.1) is 35.6 Å². The number of nitrogens with zero attached hydrogens (tertiary/aromatic N) is 1. The SMILES string of the molecule is NC(=O)C(=O)NCc1nc(CNC(=O)c2cccc(C(N)=O)c2N)cc(=O)[nH]1. The number of aromatic amines is 1. The summed E-state index contributed by atoms with van der Waals surface area (Å²) in [6, 6.07) is 5.39. The lowest BCUT2D eigenvalue weighted by Gasteiger charge is -2.10. The minimum absolute atomic E-state index is 0.00871. The summed E-state index contributed by atoms with van der Waals surface area (Å²) in [5.74, 6) is -3.54. The fraction of sp³-hybridized carbons (Fsp3) is 0.125. The number of hydrogen-bond acceptors (Lipinski definition) is 7. The summed E-state index contributed by atoms with van der Waals surface area (Å²) >= 11 is 0. The zero-order valence-electron chi connectivity index (χ0n) is 14.4. The van der Waals surface area contributed by atoms with Crippen molar-refractivity contribution in [2.24, 2.45) is 11.5 Å².